The number of ether oxygens (including phenoxy) is 1. The van der Waals surface area contributed by atoms with Gasteiger partial charge in [0.05, 0.1) is 11.6 Å². The molecular weight excluding hydrogens is 440 g/mol. The summed E-state index contributed by atoms with van der Waals surface area (Å²) < 4.78 is 7.22. The van der Waals surface area contributed by atoms with Crippen LogP contribution in [0.15, 0.2) is 79.6 Å². The average molecular weight is 465 g/mol. The summed E-state index contributed by atoms with van der Waals surface area (Å²) in [5.41, 5.74) is 5.38. The predicted molar refractivity (Wildman–Crippen MR) is 135 cm³/mol. The number of likely N-dealkylation sites (N-methyl/N-ethyl adjacent to an activating group) is 1. The van der Waals surface area contributed by atoms with Crippen molar-refractivity contribution >= 4 is 28.6 Å². The smallest absolute Gasteiger partial charge is 0.304 e. The molecule has 0 bridgehead atoms. The Morgan fingerprint density at radius 1 is 1.14 bits per heavy atom. The monoisotopic (exact) mass is 464 g/mol. The van der Waals surface area contributed by atoms with E-state index >= 15 is 0 Å². The fraction of sp³-hybridized carbons (Fsp3) is 0.143. The summed E-state index contributed by atoms with van der Waals surface area (Å²) in [6.07, 6.45) is 4.35. The molecule has 0 aliphatic rings. The number of hydrogen-bond donors (Lipinski definition) is 0. The van der Waals surface area contributed by atoms with E-state index in [1.54, 1.807) is 26.2 Å². The van der Waals surface area contributed by atoms with E-state index in [9.17, 15) is 14.9 Å². The maximum Gasteiger partial charge on any atom is 0.304 e. The van der Waals surface area contributed by atoms with Crippen LogP contribution in [0, 0.1) is 11.3 Å². The summed E-state index contributed by atoms with van der Waals surface area (Å²) in [6.45, 7) is 6.70. The first kappa shape index (κ1) is 23.5. The molecule has 0 N–H and O–H groups in total. The van der Waals surface area contributed by atoms with Crippen molar-refractivity contribution in [3.05, 3.63) is 85.2 Å². The molecule has 4 rings (SSSR count). The molecule has 0 radical (unpaired) electrons. The van der Waals surface area contributed by atoms with Crippen molar-refractivity contribution in [2.45, 2.75) is 20.1 Å². The largest absolute Gasteiger partial charge is 0.442 e. The maximum absolute atomic E-state index is 12.1. The van der Waals surface area contributed by atoms with E-state index in [0.29, 0.717) is 11.2 Å². The minimum atomic E-state index is -0.567. The van der Waals surface area contributed by atoms with Crippen LogP contribution in [-0.2, 0) is 14.3 Å². The Morgan fingerprint density at radius 2 is 1.89 bits per heavy atom. The number of amides is 1. The quantitative estimate of drug-likeness (QED) is 0.279. The van der Waals surface area contributed by atoms with Gasteiger partial charge in [-0.05, 0) is 54.5 Å². The first-order valence-electron chi connectivity index (χ1n) is 11.0. The highest BCUT2D eigenvalue weighted by Crippen LogP contribution is 2.35. The van der Waals surface area contributed by atoms with Crippen molar-refractivity contribution in [1.82, 2.24) is 9.55 Å². The highest BCUT2D eigenvalue weighted by Gasteiger charge is 2.18. The second-order valence-corrected chi connectivity index (χ2v) is 8.10. The number of nitriles is 1. The molecular formula is C28H24N4O3. The van der Waals surface area contributed by atoms with E-state index < -0.39 is 6.23 Å². The van der Waals surface area contributed by atoms with Gasteiger partial charge in [0.2, 0.25) is 5.91 Å². The fourth-order valence-electron chi connectivity index (χ4n) is 4.01. The molecule has 0 aliphatic heterocycles. The minimum absolute atomic E-state index is 0.202. The average Bonchev–Trinajstić information content (AvgIpc) is 3.26. The Labute approximate surface area is 203 Å². The van der Waals surface area contributed by atoms with Crippen molar-refractivity contribution in [2.24, 2.45) is 0 Å². The van der Waals surface area contributed by atoms with Gasteiger partial charge in [0.15, 0.2) is 6.23 Å². The number of pyridine rings is 1. The molecule has 2 aromatic heterocycles. The Hall–Kier alpha value is -4.70. The summed E-state index contributed by atoms with van der Waals surface area (Å²) >= 11 is 0. The van der Waals surface area contributed by atoms with Gasteiger partial charge < -0.3 is 9.64 Å². The van der Waals surface area contributed by atoms with Crippen LogP contribution in [0.3, 0.4) is 0 Å². The summed E-state index contributed by atoms with van der Waals surface area (Å²) in [5.74, 6) is -0.592. The van der Waals surface area contributed by atoms with E-state index in [-0.39, 0.29) is 11.9 Å². The minimum Gasteiger partial charge on any atom is -0.442 e. The van der Waals surface area contributed by atoms with Crippen LogP contribution in [-0.4, -0.2) is 28.5 Å². The predicted octanol–water partition coefficient (Wildman–Crippen LogP) is 5.47. The van der Waals surface area contributed by atoms with E-state index in [0.717, 1.165) is 33.3 Å². The van der Waals surface area contributed by atoms with Gasteiger partial charge in [-0.25, -0.2) is 4.98 Å². The molecule has 1 amide bonds. The summed E-state index contributed by atoms with van der Waals surface area (Å²) in [7, 11) is 1.70. The van der Waals surface area contributed by atoms with Crippen molar-refractivity contribution in [3.63, 3.8) is 0 Å². The molecule has 1 atom stereocenters. The SMILES string of the molecule is C=CC(=O)N(C)c1cccc(-c2cnc3c(c2)c(-c2cccc(C#N)c2)cn3C(C)OC(C)=O)c1. The Morgan fingerprint density at radius 3 is 2.60 bits per heavy atom. The third-order valence-corrected chi connectivity index (χ3v) is 5.77. The van der Waals surface area contributed by atoms with Crippen LogP contribution in [0.1, 0.15) is 25.6 Å². The van der Waals surface area contributed by atoms with E-state index in [1.807, 2.05) is 59.3 Å². The molecule has 2 heterocycles. The molecule has 35 heavy (non-hydrogen) atoms. The molecule has 7 nitrogen and oxygen atoms in total. The molecule has 1 unspecified atom stereocenters. The van der Waals surface area contributed by atoms with Crippen molar-refractivity contribution in [3.8, 4) is 28.3 Å². The molecule has 4 aromatic rings. The van der Waals surface area contributed by atoms with Gasteiger partial charge in [0.1, 0.15) is 5.65 Å². The van der Waals surface area contributed by atoms with Crippen LogP contribution in [0.4, 0.5) is 5.69 Å². The van der Waals surface area contributed by atoms with Gasteiger partial charge in [-0.2, -0.15) is 5.26 Å². The van der Waals surface area contributed by atoms with E-state index in [4.69, 9.17) is 9.72 Å². The fourth-order valence-corrected chi connectivity index (χ4v) is 4.01. The number of benzene rings is 2. The molecule has 7 heteroatoms. The summed E-state index contributed by atoms with van der Waals surface area (Å²) in [5, 5.41) is 10.2. The number of anilines is 1. The third kappa shape index (κ3) is 4.68. The highest BCUT2D eigenvalue weighted by molar-refractivity contribution is 6.01. The zero-order valence-corrected chi connectivity index (χ0v) is 19.7. The zero-order chi connectivity index (χ0) is 25.1. The number of hydrogen-bond acceptors (Lipinski definition) is 5. The van der Waals surface area contributed by atoms with Gasteiger partial charge in [0, 0.05) is 48.6 Å². The Kier molecular flexibility index (Phi) is 6.47. The first-order chi connectivity index (χ1) is 16.8. The second kappa shape index (κ2) is 9.65. The van der Waals surface area contributed by atoms with Gasteiger partial charge in [-0.3, -0.25) is 14.2 Å². The number of fused-ring (bicyclic) bond motifs is 1. The first-order valence-corrected chi connectivity index (χ1v) is 11.0. The molecule has 0 saturated heterocycles. The summed E-state index contributed by atoms with van der Waals surface area (Å²) in [6, 6.07) is 19.1. The van der Waals surface area contributed by atoms with Gasteiger partial charge in [-0.15, -0.1) is 0 Å². The number of carbonyl (C=O) groups excluding carboxylic acids is 2. The molecule has 0 aliphatic carbocycles. The number of aromatic nitrogens is 2. The lowest BCUT2D eigenvalue weighted by Gasteiger charge is -2.16. The second-order valence-electron chi connectivity index (χ2n) is 8.10. The molecule has 174 valence electrons. The number of esters is 1. The van der Waals surface area contributed by atoms with Crippen molar-refractivity contribution in [1.29, 1.82) is 5.26 Å². The van der Waals surface area contributed by atoms with Gasteiger partial charge in [-0.1, -0.05) is 30.8 Å². The van der Waals surface area contributed by atoms with Gasteiger partial charge in [0.25, 0.3) is 0 Å². The van der Waals surface area contributed by atoms with Crippen LogP contribution in [0.5, 0.6) is 0 Å². The number of nitrogens with zero attached hydrogens (tertiary/aromatic N) is 4. The van der Waals surface area contributed by atoms with Crippen LogP contribution >= 0.6 is 0 Å². The molecule has 2 aromatic carbocycles. The van der Waals surface area contributed by atoms with Crippen LogP contribution < -0.4 is 4.90 Å². The van der Waals surface area contributed by atoms with Crippen LogP contribution in [0.2, 0.25) is 0 Å². The van der Waals surface area contributed by atoms with Crippen molar-refractivity contribution < 1.29 is 14.3 Å². The van der Waals surface area contributed by atoms with Crippen molar-refractivity contribution in [2.75, 3.05) is 11.9 Å². The number of carbonyl (C=O) groups is 2. The third-order valence-electron chi connectivity index (χ3n) is 5.77. The lowest BCUT2D eigenvalue weighted by molar-refractivity contribution is -0.149. The van der Waals surface area contributed by atoms with Crippen LogP contribution in [0.25, 0.3) is 33.3 Å². The van der Waals surface area contributed by atoms with Gasteiger partial charge >= 0.3 is 5.97 Å². The normalized spacial score (nSPS) is 11.5. The maximum atomic E-state index is 12.1. The zero-order valence-electron chi connectivity index (χ0n) is 19.7. The topological polar surface area (TPSA) is 88.2 Å². The Balaban J connectivity index is 1.89. The summed E-state index contributed by atoms with van der Waals surface area (Å²) in [4.78, 5) is 29.9. The molecule has 0 saturated carbocycles. The molecule has 0 fully saturated rings. The Bertz CT molecular complexity index is 1500. The molecule has 0 spiro atoms. The number of rotatable bonds is 6. The standard InChI is InChI=1S/C28H24N4O3/c1-5-27(34)31(4)24-11-7-9-21(13-24)23-14-25-26(22-10-6-8-20(12-22)15-29)17-32(28(25)30-16-23)18(2)35-19(3)33/h5-14,16-18H,1H2,2-4H3. The lowest BCUT2D eigenvalue weighted by Crippen LogP contribution is -2.23. The van der Waals surface area contributed by atoms with E-state index in [2.05, 4.69) is 12.6 Å². The van der Waals surface area contributed by atoms with E-state index in [1.165, 1.54) is 17.9 Å². The highest BCUT2D eigenvalue weighted by atomic mass is 16.6. The lowest BCUT2D eigenvalue weighted by atomic mass is 10.0.